The molecule has 1 aromatic heterocycles. The van der Waals surface area contributed by atoms with Crippen molar-refractivity contribution in [2.24, 2.45) is 11.8 Å². The Hall–Kier alpha value is -1.89. The molecule has 100 valence electrons. The van der Waals surface area contributed by atoms with Crippen LogP contribution in [0.5, 0.6) is 0 Å². The summed E-state index contributed by atoms with van der Waals surface area (Å²) >= 11 is 0. The number of hydrogen-bond donors (Lipinski definition) is 0. The van der Waals surface area contributed by atoms with Gasteiger partial charge in [0.25, 0.3) is 0 Å². The van der Waals surface area contributed by atoms with Crippen LogP contribution in [0, 0.1) is 23.2 Å². The lowest BCUT2D eigenvalue weighted by atomic mass is 9.96. The molecule has 2 rings (SSSR count). The maximum Gasteiger partial charge on any atom is 0.226 e. The zero-order valence-electron chi connectivity index (χ0n) is 11.5. The van der Waals surface area contributed by atoms with Gasteiger partial charge in [-0.15, -0.1) is 0 Å². The molecule has 0 N–H and O–H groups in total. The third-order valence-electron chi connectivity index (χ3n) is 3.48. The first-order valence-corrected chi connectivity index (χ1v) is 6.74. The third-order valence-corrected chi connectivity index (χ3v) is 3.48. The molecule has 4 nitrogen and oxygen atoms in total. The third kappa shape index (κ3) is 3.31. The van der Waals surface area contributed by atoms with E-state index in [2.05, 4.69) is 18.8 Å². The van der Waals surface area contributed by atoms with E-state index in [1.54, 1.807) is 12.3 Å². The van der Waals surface area contributed by atoms with Crippen LogP contribution >= 0.6 is 0 Å². The fraction of sp³-hybridized carbons (Fsp3) is 0.533. The van der Waals surface area contributed by atoms with Crippen LogP contribution in [-0.4, -0.2) is 22.3 Å². The minimum Gasteiger partial charge on any atom is -0.338 e. The van der Waals surface area contributed by atoms with E-state index in [1.807, 2.05) is 17.0 Å². The smallest absolute Gasteiger partial charge is 0.226 e. The molecule has 1 fully saturated rings. The van der Waals surface area contributed by atoms with Crippen molar-refractivity contribution in [3.05, 3.63) is 29.6 Å². The van der Waals surface area contributed by atoms with E-state index in [9.17, 15) is 4.79 Å². The van der Waals surface area contributed by atoms with Crippen LogP contribution in [0.1, 0.15) is 37.9 Å². The number of carbonyl (C=O) groups excluding carboxylic acids is 1. The Bertz CT molecular complexity index is 504. The number of aromatic nitrogens is 1. The molecule has 0 aromatic carbocycles. The van der Waals surface area contributed by atoms with Crippen LogP contribution < -0.4 is 0 Å². The van der Waals surface area contributed by atoms with Crippen LogP contribution in [0.15, 0.2) is 18.3 Å². The van der Waals surface area contributed by atoms with E-state index in [1.165, 1.54) is 0 Å². The summed E-state index contributed by atoms with van der Waals surface area (Å²) in [6.07, 6.45) is 3.54. The summed E-state index contributed by atoms with van der Waals surface area (Å²) in [6, 6.07) is 5.64. The molecule has 0 saturated carbocycles. The van der Waals surface area contributed by atoms with Gasteiger partial charge in [0.15, 0.2) is 0 Å². The van der Waals surface area contributed by atoms with Gasteiger partial charge in [0.05, 0.1) is 0 Å². The summed E-state index contributed by atoms with van der Waals surface area (Å²) in [5.74, 6) is 0.987. The van der Waals surface area contributed by atoms with Crippen molar-refractivity contribution in [2.45, 2.75) is 33.2 Å². The van der Waals surface area contributed by atoms with Crippen LogP contribution in [-0.2, 0) is 11.3 Å². The molecule has 0 spiro atoms. The zero-order chi connectivity index (χ0) is 13.8. The monoisotopic (exact) mass is 257 g/mol. The molecule has 1 aliphatic rings. The Morgan fingerprint density at radius 2 is 2.37 bits per heavy atom. The van der Waals surface area contributed by atoms with Crippen molar-refractivity contribution in [1.29, 1.82) is 5.26 Å². The average Bonchev–Trinajstić information content (AvgIpc) is 2.71. The summed E-state index contributed by atoms with van der Waals surface area (Å²) < 4.78 is 0. The molecule has 0 unspecified atom stereocenters. The molecule has 19 heavy (non-hydrogen) atoms. The van der Waals surface area contributed by atoms with Gasteiger partial charge in [-0.2, -0.15) is 5.26 Å². The second-order valence-corrected chi connectivity index (χ2v) is 5.54. The number of nitrogens with zero attached hydrogens (tertiary/aromatic N) is 3. The fourth-order valence-electron chi connectivity index (χ4n) is 2.60. The number of hydrogen-bond acceptors (Lipinski definition) is 3. The highest BCUT2D eigenvalue weighted by molar-refractivity contribution is 5.80. The van der Waals surface area contributed by atoms with Crippen molar-refractivity contribution < 1.29 is 4.79 Å². The van der Waals surface area contributed by atoms with Gasteiger partial charge in [-0.05, 0) is 36.5 Å². The van der Waals surface area contributed by atoms with Gasteiger partial charge in [0, 0.05) is 25.2 Å². The standard InChI is InChI=1S/C15H19N3O/c1-11(2)7-13-4-6-18(15(13)19)10-12-3-5-17-14(8-12)9-16/h3,5,8,11,13H,4,6-7,10H2,1-2H3/t13-/m1/s1. The van der Waals surface area contributed by atoms with Crippen molar-refractivity contribution in [1.82, 2.24) is 9.88 Å². The number of nitriles is 1. The molecule has 1 saturated heterocycles. The summed E-state index contributed by atoms with van der Waals surface area (Å²) in [4.78, 5) is 18.1. The molecule has 0 bridgehead atoms. The Balaban J connectivity index is 2.01. The second kappa shape index (κ2) is 5.83. The van der Waals surface area contributed by atoms with Crippen LogP contribution in [0.2, 0.25) is 0 Å². The van der Waals surface area contributed by atoms with Gasteiger partial charge in [0.1, 0.15) is 11.8 Å². The van der Waals surface area contributed by atoms with Gasteiger partial charge < -0.3 is 4.90 Å². The van der Waals surface area contributed by atoms with Gasteiger partial charge in [0.2, 0.25) is 5.91 Å². The summed E-state index contributed by atoms with van der Waals surface area (Å²) in [5.41, 5.74) is 1.38. The van der Waals surface area contributed by atoms with E-state index in [0.29, 0.717) is 18.2 Å². The predicted molar refractivity (Wildman–Crippen MR) is 71.9 cm³/mol. The quantitative estimate of drug-likeness (QED) is 0.832. The average molecular weight is 257 g/mol. The number of pyridine rings is 1. The van der Waals surface area contributed by atoms with E-state index >= 15 is 0 Å². The molecular formula is C15H19N3O. The maximum atomic E-state index is 12.2. The van der Waals surface area contributed by atoms with Crippen LogP contribution in [0.25, 0.3) is 0 Å². The van der Waals surface area contributed by atoms with Gasteiger partial charge >= 0.3 is 0 Å². The Kier molecular flexibility index (Phi) is 4.16. The Morgan fingerprint density at radius 3 is 3.05 bits per heavy atom. The fourth-order valence-corrected chi connectivity index (χ4v) is 2.60. The summed E-state index contributed by atoms with van der Waals surface area (Å²) in [6.45, 7) is 5.71. The first kappa shape index (κ1) is 13.5. The lowest BCUT2D eigenvalue weighted by molar-refractivity contribution is -0.131. The molecule has 0 aliphatic carbocycles. The zero-order valence-corrected chi connectivity index (χ0v) is 11.5. The van der Waals surface area contributed by atoms with Crippen molar-refractivity contribution >= 4 is 5.91 Å². The van der Waals surface area contributed by atoms with Crippen LogP contribution in [0.3, 0.4) is 0 Å². The highest BCUT2D eigenvalue weighted by Gasteiger charge is 2.31. The number of likely N-dealkylation sites (tertiary alicyclic amines) is 1. The Morgan fingerprint density at radius 1 is 1.58 bits per heavy atom. The van der Waals surface area contributed by atoms with Crippen LogP contribution in [0.4, 0.5) is 0 Å². The first-order valence-electron chi connectivity index (χ1n) is 6.74. The molecule has 4 heteroatoms. The Labute approximate surface area is 114 Å². The maximum absolute atomic E-state index is 12.2. The number of carbonyl (C=O) groups is 1. The summed E-state index contributed by atoms with van der Waals surface area (Å²) in [5, 5.41) is 8.82. The first-order chi connectivity index (χ1) is 9.10. The number of rotatable bonds is 4. The largest absolute Gasteiger partial charge is 0.338 e. The molecule has 0 radical (unpaired) electrons. The van der Waals surface area contributed by atoms with E-state index < -0.39 is 0 Å². The van der Waals surface area contributed by atoms with Crippen molar-refractivity contribution in [2.75, 3.05) is 6.54 Å². The van der Waals surface area contributed by atoms with E-state index in [-0.39, 0.29) is 11.8 Å². The molecule has 1 aromatic rings. The second-order valence-electron chi connectivity index (χ2n) is 5.54. The van der Waals surface area contributed by atoms with Crippen molar-refractivity contribution in [3.8, 4) is 6.07 Å². The van der Waals surface area contributed by atoms with Gasteiger partial charge in [-0.25, -0.2) is 4.98 Å². The molecule has 1 atom stereocenters. The normalized spacial score (nSPS) is 18.9. The minimum atomic E-state index is 0.178. The highest BCUT2D eigenvalue weighted by Crippen LogP contribution is 2.25. The van der Waals surface area contributed by atoms with E-state index in [0.717, 1.165) is 24.9 Å². The van der Waals surface area contributed by atoms with Crippen molar-refractivity contribution in [3.63, 3.8) is 0 Å². The molecule has 1 aliphatic heterocycles. The lowest BCUT2D eigenvalue weighted by Crippen LogP contribution is -2.27. The lowest BCUT2D eigenvalue weighted by Gasteiger charge is -2.17. The predicted octanol–water partition coefficient (Wildman–Crippen LogP) is 2.35. The SMILES string of the molecule is CC(C)C[C@H]1CCN(Cc2ccnc(C#N)c2)C1=O. The highest BCUT2D eigenvalue weighted by atomic mass is 16.2. The number of amides is 1. The van der Waals surface area contributed by atoms with E-state index in [4.69, 9.17) is 5.26 Å². The molecule has 1 amide bonds. The minimum absolute atomic E-state index is 0.178. The topological polar surface area (TPSA) is 57.0 Å². The molecular weight excluding hydrogens is 238 g/mol. The van der Waals surface area contributed by atoms with Gasteiger partial charge in [-0.1, -0.05) is 13.8 Å². The van der Waals surface area contributed by atoms with Gasteiger partial charge in [-0.3, -0.25) is 4.79 Å². The summed E-state index contributed by atoms with van der Waals surface area (Å²) in [7, 11) is 0. The molecule has 2 heterocycles.